The van der Waals surface area contributed by atoms with Crippen LogP contribution in [0.3, 0.4) is 0 Å². The lowest BCUT2D eigenvalue weighted by Crippen LogP contribution is -2.23. The lowest BCUT2D eigenvalue weighted by Gasteiger charge is -1.97. The molecule has 0 aliphatic carbocycles. The summed E-state index contributed by atoms with van der Waals surface area (Å²) in [5.41, 5.74) is 0. The molecule has 0 radical (unpaired) electrons. The highest BCUT2D eigenvalue weighted by molar-refractivity contribution is 8.00. The number of nitrogens with one attached hydrogen (secondary N) is 1. The summed E-state index contributed by atoms with van der Waals surface area (Å²) in [6, 6.07) is 0. The van der Waals surface area contributed by atoms with Gasteiger partial charge in [0, 0.05) is 12.3 Å². The number of nitrogens with zero attached hydrogens (tertiary/aromatic N) is 2. The Morgan fingerprint density at radius 3 is 3.08 bits per heavy atom. The fourth-order valence-corrected chi connectivity index (χ4v) is 2.20. The summed E-state index contributed by atoms with van der Waals surface area (Å²) in [5.74, 6) is 1.44. The zero-order valence-corrected chi connectivity index (χ0v) is 8.61. The number of carboxylic acid groups (broad SMARTS) is 1. The molecule has 0 unspecified atom stereocenters. The molecule has 0 aliphatic rings. The third kappa shape index (κ3) is 4.09. The van der Waals surface area contributed by atoms with E-state index in [-0.39, 0.29) is 0 Å². The second kappa shape index (κ2) is 5.03. The van der Waals surface area contributed by atoms with Gasteiger partial charge in [-0.1, -0.05) is 11.8 Å². The first kappa shape index (κ1) is 10.3. The van der Waals surface area contributed by atoms with E-state index in [1.807, 2.05) is 6.92 Å². The predicted octanol–water partition coefficient (Wildman–Crippen LogP) is 1.21. The number of hydrogen-bond donors (Lipinski definition) is 2. The largest absolute Gasteiger partial charge is 0.465 e. The Balaban J connectivity index is 2.16. The summed E-state index contributed by atoms with van der Waals surface area (Å²) in [4.78, 5) is 14.2. The van der Waals surface area contributed by atoms with Crippen LogP contribution in [-0.2, 0) is 0 Å². The van der Waals surface area contributed by atoms with Gasteiger partial charge in [0.1, 0.15) is 5.82 Å². The van der Waals surface area contributed by atoms with E-state index in [1.165, 1.54) is 23.3 Å². The van der Waals surface area contributed by atoms with Crippen LogP contribution in [0, 0.1) is 6.92 Å². The van der Waals surface area contributed by atoms with Gasteiger partial charge in [-0.3, -0.25) is 0 Å². The van der Waals surface area contributed by atoms with Gasteiger partial charge in [0.2, 0.25) is 0 Å². The zero-order chi connectivity index (χ0) is 9.68. The average molecular weight is 219 g/mol. The number of aromatic nitrogens is 2. The highest BCUT2D eigenvalue weighted by Gasteiger charge is 2.00. The summed E-state index contributed by atoms with van der Waals surface area (Å²) >= 11 is 2.84. The van der Waals surface area contributed by atoms with Crippen LogP contribution in [0.5, 0.6) is 0 Å². The molecule has 1 rings (SSSR count). The molecule has 72 valence electrons. The normalized spacial score (nSPS) is 9.92. The Morgan fingerprint density at radius 1 is 1.77 bits per heavy atom. The quantitative estimate of drug-likeness (QED) is 0.588. The Kier molecular flexibility index (Phi) is 3.97. The van der Waals surface area contributed by atoms with Crippen molar-refractivity contribution in [2.75, 3.05) is 12.3 Å². The third-order valence-electron chi connectivity index (χ3n) is 1.11. The minimum atomic E-state index is -0.992. The summed E-state index contributed by atoms with van der Waals surface area (Å²) in [6.07, 6.45) is -0.992. The highest BCUT2D eigenvalue weighted by Crippen LogP contribution is 2.18. The molecule has 0 fully saturated rings. The second-order valence-corrected chi connectivity index (χ2v) is 4.28. The summed E-state index contributed by atoms with van der Waals surface area (Å²) < 4.78 is 4.88. The molecule has 1 heterocycles. The van der Waals surface area contributed by atoms with E-state index < -0.39 is 6.09 Å². The molecule has 1 aromatic heterocycles. The molecule has 0 atom stereocenters. The molecular formula is C6H9N3O2S2. The van der Waals surface area contributed by atoms with Gasteiger partial charge in [0.25, 0.3) is 0 Å². The Hall–Kier alpha value is -0.820. The van der Waals surface area contributed by atoms with Crippen molar-refractivity contribution >= 4 is 29.4 Å². The van der Waals surface area contributed by atoms with Gasteiger partial charge in [0.15, 0.2) is 4.34 Å². The number of carbonyl (C=O) groups is 1. The van der Waals surface area contributed by atoms with Crippen molar-refractivity contribution in [2.45, 2.75) is 11.3 Å². The van der Waals surface area contributed by atoms with E-state index in [2.05, 4.69) is 14.7 Å². The molecule has 13 heavy (non-hydrogen) atoms. The van der Waals surface area contributed by atoms with Crippen molar-refractivity contribution in [2.24, 2.45) is 0 Å². The van der Waals surface area contributed by atoms with Crippen molar-refractivity contribution < 1.29 is 9.90 Å². The number of aryl methyl sites for hydroxylation is 1. The van der Waals surface area contributed by atoms with Crippen LogP contribution < -0.4 is 5.32 Å². The Bertz CT molecular complexity index is 289. The third-order valence-corrected chi connectivity index (χ3v) is 3.04. The van der Waals surface area contributed by atoms with Crippen LogP contribution in [0.2, 0.25) is 0 Å². The minimum absolute atomic E-state index is 0.429. The molecule has 0 saturated heterocycles. The van der Waals surface area contributed by atoms with Gasteiger partial charge in [-0.25, -0.2) is 9.78 Å². The minimum Gasteiger partial charge on any atom is -0.465 e. The number of hydrogen-bond acceptors (Lipinski definition) is 5. The fraction of sp³-hybridized carbons (Fsp3) is 0.500. The zero-order valence-electron chi connectivity index (χ0n) is 6.98. The topological polar surface area (TPSA) is 75.1 Å². The highest BCUT2D eigenvalue weighted by atomic mass is 32.2. The summed E-state index contributed by atoms with van der Waals surface area (Å²) in [6.45, 7) is 2.26. The second-order valence-electron chi connectivity index (χ2n) is 2.19. The summed E-state index contributed by atoms with van der Waals surface area (Å²) in [5, 5.41) is 10.5. The monoisotopic (exact) mass is 219 g/mol. The smallest absolute Gasteiger partial charge is 0.404 e. The molecule has 0 spiro atoms. The van der Waals surface area contributed by atoms with Crippen molar-refractivity contribution in [1.29, 1.82) is 0 Å². The summed E-state index contributed by atoms with van der Waals surface area (Å²) in [7, 11) is 0. The molecule has 1 amide bonds. The fourth-order valence-electron chi connectivity index (χ4n) is 0.633. The Morgan fingerprint density at radius 2 is 2.54 bits per heavy atom. The number of rotatable bonds is 4. The standard InChI is InChI=1S/C6H9N3O2S2/c1-4-8-6(13-9-4)12-3-2-7-5(10)11/h7H,2-3H2,1H3,(H,10,11). The molecular weight excluding hydrogens is 210 g/mol. The average Bonchev–Trinajstić information content (AvgIpc) is 2.45. The molecule has 0 aliphatic heterocycles. The van der Waals surface area contributed by atoms with Gasteiger partial charge in [-0.15, -0.1) is 0 Å². The van der Waals surface area contributed by atoms with Gasteiger partial charge in [-0.05, 0) is 18.5 Å². The van der Waals surface area contributed by atoms with E-state index in [1.54, 1.807) is 0 Å². The lowest BCUT2D eigenvalue weighted by molar-refractivity contribution is 0.195. The number of thioether (sulfide) groups is 1. The van der Waals surface area contributed by atoms with E-state index in [0.29, 0.717) is 12.3 Å². The van der Waals surface area contributed by atoms with Crippen LogP contribution in [0.25, 0.3) is 0 Å². The lowest BCUT2D eigenvalue weighted by atomic mass is 10.7. The van der Waals surface area contributed by atoms with Crippen LogP contribution in [-0.4, -0.2) is 32.9 Å². The molecule has 5 nitrogen and oxygen atoms in total. The van der Waals surface area contributed by atoms with Crippen LogP contribution >= 0.6 is 23.3 Å². The first-order valence-corrected chi connectivity index (χ1v) is 5.34. The Labute approximate surface area is 83.7 Å². The van der Waals surface area contributed by atoms with Crippen molar-refractivity contribution in [3.05, 3.63) is 5.82 Å². The SMILES string of the molecule is Cc1nsc(SCCNC(=O)O)n1. The van der Waals surface area contributed by atoms with Gasteiger partial charge in [-0.2, -0.15) is 4.37 Å². The van der Waals surface area contributed by atoms with Crippen molar-refractivity contribution in [3.63, 3.8) is 0 Å². The molecule has 0 bridgehead atoms. The maximum absolute atomic E-state index is 10.1. The van der Waals surface area contributed by atoms with Crippen LogP contribution in [0.4, 0.5) is 4.79 Å². The van der Waals surface area contributed by atoms with Crippen LogP contribution in [0.1, 0.15) is 5.82 Å². The van der Waals surface area contributed by atoms with E-state index in [0.717, 1.165) is 10.2 Å². The van der Waals surface area contributed by atoms with E-state index in [4.69, 9.17) is 5.11 Å². The van der Waals surface area contributed by atoms with Gasteiger partial charge in [0.05, 0.1) is 0 Å². The van der Waals surface area contributed by atoms with Crippen molar-refractivity contribution in [3.8, 4) is 0 Å². The van der Waals surface area contributed by atoms with Crippen molar-refractivity contribution in [1.82, 2.24) is 14.7 Å². The first-order chi connectivity index (χ1) is 6.18. The first-order valence-electron chi connectivity index (χ1n) is 3.58. The predicted molar refractivity (Wildman–Crippen MR) is 51.4 cm³/mol. The molecule has 0 saturated carbocycles. The molecule has 0 aromatic carbocycles. The molecule has 2 N–H and O–H groups in total. The van der Waals surface area contributed by atoms with Crippen LogP contribution in [0.15, 0.2) is 4.34 Å². The van der Waals surface area contributed by atoms with Gasteiger partial charge >= 0.3 is 6.09 Å². The van der Waals surface area contributed by atoms with E-state index in [9.17, 15) is 4.79 Å². The van der Waals surface area contributed by atoms with Gasteiger partial charge < -0.3 is 10.4 Å². The molecule has 1 aromatic rings. The van der Waals surface area contributed by atoms with E-state index >= 15 is 0 Å². The molecule has 7 heteroatoms. The maximum Gasteiger partial charge on any atom is 0.404 e. The number of amides is 1. The maximum atomic E-state index is 10.1.